The van der Waals surface area contributed by atoms with E-state index in [0.29, 0.717) is 6.61 Å². The maximum atomic E-state index is 11.6. The molecule has 0 N–H and O–H groups in total. The van der Waals surface area contributed by atoms with E-state index < -0.39 is 6.29 Å². The van der Waals surface area contributed by atoms with Crippen LogP contribution in [0.2, 0.25) is 0 Å². The highest BCUT2D eigenvalue weighted by Crippen LogP contribution is 2.31. The van der Waals surface area contributed by atoms with E-state index in [0.717, 1.165) is 11.1 Å². The third-order valence-corrected chi connectivity index (χ3v) is 2.95. The van der Waals surface area contributed by atoms with Gasteiger partial charge in [-0.3, -0.25) is 4.79 Å². The molecule has 2 heterocycles. The lowest BCUT2D eigenvalue weighted by Gasteiger charge is -2.18. The van der Waals surface area contributed by atoms with Crippen LogP contribution < -0.4 is 0 Å². The van der Waals surface area contributed by atoms with Gasteiger partial charge in [-0.05, 0) is 24.1 Å². The Hall–Kier alpha value is -1.45. The number of fused-ring (bicyclic) bond motifs is 2. The van der Waals surface area contributed by atoms with E-state index in [2.05, 4.69) is 0 Å². The second-order valence-electron chi connectivity index (χ2n) is 4.16. The number of carbonyl (C=O) groups is 1. The predicted molar refractivity (Wildman–Crippen MR) is 58.8 cm³/mol. The van der Waals surface area contributed by atoms with Crippen molar-refractivity contribution in [1.29, 1.82) is 0 Å². The zero-order valence-electron chi connectivity index (χ0n) is 8.97. The number of benzene rings is 1. The van der Waals surface area contributed by atoms with Crippen LogP contribution in [0.4, 0.5) is 0 Å². The average Bonchev–Trinajstić information content (AvgIpc) is 2.71. The first-order valence-electron chi connectivity index (χ1n) is 5.33. The van der Waals surface area contributed by atoms with Gasteiger partial charge in [0.2, 0.25) is 12.1 Å². The van der Waals surface area contributed by atoms with Gasteiger partial charge in [-0.2, -0.15) is 0 Å². The summed E-state index contributed by atoms with van der Waals surface area (Å²) in [6, 6.07) is 8.08. The Morgan fingerprint density at radius 1 is 1.25 bits per heavy atom. The van der Waals surface area contributed by atoms with Crippen LogP contribution in [0, 0.1) is 6.92 Å². The molecule has 3 rings (SSSR count). The first-order valence-corrected chi connectivity index (χ1v) is 5.33. The minimum absolute atomic E-state index is 0.0922. The maximum absolute atomic E-state index is 11.6. The third-order valence-electron chi connectivity index (χ3n) is 2.95. The van der Waals surface area contributed by atoms with Gasteiger partial charge in [0.1, 0.15) is 6.10 Å². The van der Waals surface area contributed by atoms with Gasteiger partial charge in [-0.25, -0.2) is 0 Å². The lowest BCUT2D eigenvalue weighted by molar-refractivity contribution is -0.141. The Kier molecular flexibility index (Phi) is 2.16. The topological polar surface area (TPSA) is 35.5 Å². The lowest BCUT2D eigenvalue weighted by atomic mass is 9.97. The summed E-state index contributed by atoms with van der Waals surface area (Å²) < 4.78 is 10.7. The summed E-state index contributed by atoms with van der Waals surface area (Å²) >= 11 is 0. The normalized spacial score (nSPS) is 28.1. The molecule has 0 amide bonds. The number of carbonyl (C=O) groups excluding carboxylic acids is 1. The van der Waals surface area contributed by atoms with Crippen molar-refractivity contribution in [3.8, 4) is 0 Å². The number of ketones is 1. The molecule has 2 aliphatic heterocycles. The van der Waals surface area contributed by atoms with Crippen LogP contribution in [0.15, 0.2) is 30.3 Å². The van der Waals surface area contributed by atoms with Crippen LogP contribution in [-0.4, -0.2) is 24.8 Å². The van der Waals surface area contributed by atoms with Gasteiger partial charge >= 0.3 is 0 Å². The second-order valence-corrected chi connectivity index (χ2v) is 4.16. The van der Waals surface area contributed by atoms with E-state index in [4.69, 9.17) is 9.47 Å². The Labute approximate surface area is 93.7 Å². The van der Waals surface area contributed by atoms with Crippen LogP contribution in [0.3, 0.4) is 0 Å². The number of hydrogen-bond acceptors (Lipinski definition) is 3. The number of ether oxygens (including phenoxy) is 2. The fourth-order valence-corrected chi connectivity index (χ4v) is 2.04. The van der Waals surface area contributed by atoms with Gasteiger partial charge < -0.3 is 9.47 Å². The first-order chi connectivity index (χ1) is 7.74. The van der Waals surface area contributed by atoms with E-state index >= 15 is 0 Å². The van der Waals surface area contributed by atoms with Crippen molar-refractivity contribution < 1.29 is 14.3 Å². The van der Waals surface area contributed by atoms with Crippen molar-refractivity contribution in [3.63, 3.8) is 0 Å². The fraction of sp³-hybridized carbons (Fsp3) is 0.308. The molecule has 0 spiro atoms. The molecule has 1 fully saturated rings. The molecule has 1 saturated heterocycles. The van der Waals surface area contributed by atoms with Crippen LogP contribution in [0.25, 0.3) is 5.57 Å². The highest BCUT2D eigenvalue weighted by molar-refractivity contribution is 6.01. The molecule has 3 heteroatoms. The van der Waals surface area contributed by atoms with Crippen molar-refractivity contribution >= 4 is 11.4 Å². The van der Waals surface area contributed by atoms with Gasteiger partial charge in [0.25, 0.3) is 0 Å². The van der Waals surface area contributed by atoms with Crippen LogP contribution in [0.5, 0.6) is 0 Å². The van der Waals surface area contributed by atoms with Crippen LogP contribution in [0.1, 0.15) is 11.1 Å². The molecule has 0 unspecified atom stereocenters. The molecule has 1 aromatic carbocycles. The summed E-state index contributed by atoms with van der Waals surface area (Å²) in [6.07, 6.45) is 0.890. The van der Waals surface area contributed by atoms with Gasteiger partial charge in [0.15, 0.2) is 0 Å². The molecule has 82 valence electrons. The summed E-state index contributed by atoms with van der Waals surface area (Å²) in [5, 5.41) is 0. The number of hydrogen-bond donors (Lipinski definition) is 0. The van der Waals surface area contributed by atoms with Crippen molar-refractivity contribution in [1.82, 2.24) is 0 Å². The summed E-state index contributed by atoms with van der Waals surface area (Å²) in [5.41, 5.74) is 3.17. The van der Waals surface area contributed by atoms with Gasteiger partial charge in [0, 0.05) is 0 Å². The SMILES string of the molecule is Cc1ccc(C2=CC(=O)[C@@H]3OC[C@H]2O3)cc1. The van der Waals surface area contributed by atoms with E-state index in [1.807, 2.05) is 31.2 Å². The zero-order valence-corrected chi connectivity index (χ0v) is 8.97. The molecule has 0 aliphatic carbocycles. The largest absolute Gasteiger partial charge is 0.343 e. The monoisotopic (exact) mass is 216 g/mol. The molecule has 1 aromatic rings. The van der Waals surface area contributed by atoms with E-state index in [1.165, 1.54) is 5.56 Å². The number of rotatable bonds is 1. The summed E-state index contributed by atoms with van der Waals surface area (Å²) in [7, 11) is 0. The first kappa shape index (κ1) is 9.75. The van der Waals surface area contributed by atoms with Crippen LogP contribution in [-0.2, 0) is 14.3 Å². The van der Waals surface area contributed by atoms with Gasteiger partial charge in [0.05, 0.1) is 6.61 Å². The zero-order chi connectivity index (χ0) is 11.1. The molecule has 3 nitrogen and oxygen atoms in total. The van der Waals surface area contributed by atoms with Crippen molar-refractivity contribution in [2.75, 3.05) is 6.61 Å². The summed E-state index contributed by atoms with van der Waals surface area (Å²) in [4.78, 5) is 11.6. The van der Waals surface area contributed by atoms with Crippen molar-refractivity contribution in [2.45, 2.75) is 19.3 Å². The Bertz CT molecular complexity index is 459. The van der Waals surface area contributed by atoms with E-state index in [9.17, 15) is 4.79 Å². The smallest absolute Gasteiger partial charge is 0.222 e. The fourth-order valence-electron chi connectivity index (χ4n) is 2.04. The molecular weight excluding hydrogens is 204 g/mol. The predicted octanol–water partition coefficient (Wildman–Crippen LogP) is 1.70. The Morgan fingerprint density at radius 3 is 2.75 bits per heavy atom. The quantitative estimate of drug-likeness (QED) is 0.716. The van der Waals surface area contributed by atoms with Crippen molar-refractivity contribution in [3.05, 3.63) is 41.5 Å². The lowest BCUT2D eigenvalue weighted by Crippen LogP contribution is -2.26. The highest BCUT2D eigenvalue weighted by atomic mass is 16.7. The molecule has 2 bridgehead atoms. The second kappa shape index (κ2) is 3.54. The summed E-state index contributed by atoms with van der Waals surface area (Å²) in [6.45, 7) is 2.51. The van der Waals surface area contributed by atoms with Crippen LogP contribution >= 0.6 is 0 Å². The Morgan fingerprint density at radius 2 is 2.00 bits per heavy atom. The highest BCUT2D eigenvalue weighted by Gasteiger charge is 2.37. The molecule has 2 aliphatic rings. The van der Waals surface area contributed by atoms with Gasteiger partial charge in [-0.15, -0.1) is 0 Å². The van der Waals surface area contributed by atoms with E-state index in [1.54, 1.807) is 6.08 Å². The molecular formula is C13H12O3. The molecule has 2 atom stereocenters. The summed E-state index contributed by atoms with van der Waals surface area (Å²) in [5.74, 6) is -0.0932. The molecule has 16 heavy (non-hydrogen) atoms. The molecule has 0 radical (unpaired) electrons. The third kappa shape index (κ3) is 1.49. The maximum Gasteiger partial charge on any atom is 0.222 e. The van der Waals surface area contributed by atoms with E-state index in [-0.39, 0.29) is 11.9 Å². The van der Waals surface area contributed by atoms with Crippen molar-refractivity contribution in [2.24, 2.45) is 0 Å². The number of aryl methyl sites for hydroxylation is 1. The molecule has 0 aromatic heterocycles. The minimum atomic E-state index is -0.667. The minimum Gasteiger partial charge on any atom is -0.343 e. The Balaban J connectivity index is 2.00. The average molecular weight is 216 g/mol. The van der Waals surface area contributed by atoms with Gasteiger partial charge in [-0.1, -0.05) is 29.8 Å². The standard InChI is InChI=1S/C13H12O3/c1-8-2-4-9(5-3-8)10-6-11(14)13-15-7-12(10)16-13/h2-6,12-13H,7H2,1H3/t12-,13-/m1/s1. The molecule has 0 saturated carbocycles.